The highest BCUT2D eigenvalue weighted by atomic mass is 19.2. The largest absolute Gasteiger partial charge is 0.462 e. The van der Waals surface area contributed by atoms with Gasteiger partial charge in [-0.3, -0.25) is 0 Å². The number of esters is 1. The molecule has 0 aliphatic heterocycles. The fraction of sp³-hybridized carbons (Fsp3) is 0.150. The Morgan fingerprint density at radius 3 is 2.36 bits per heavy atom. The highest BCUT2D eigenvalue weighted by Gasteiger charge is 2.08. The number of benzene rings is 2. The Bertz CT molecular complexity index is 994. The Hall–Kier alpha value is -3.55. The predicted octanol–water partition coefficient (Wildman–Crippen LogP) is 4.73. The molecule has 2 aromatic carbocycles. The predicted molar refractivity (Wildman–Crippen MR) is 102 cm³/mol. The summed E-state index contributed by atoms with van der Waals surface area (Å²) < 4.78 is 31.4. The van der Waals surface area contributed by atoms with E-state index in [-0.39, 0.29) is 5.97 Å². The van der Waals surface area contributed by atoms with Crippen molar-refractivity contribution in [2.75, 3.05) is 17.2 Å². The average Bonchev–Trinajstić information content (AvgIpc) is 2.65. The number of halogens is 2. The first kappa shape index (κ1) is 19.2. The molecule has 0 aliphatic rings. The number of ether oxygens (including phenoxy) is 1. The van der Waals surface area contributed by atoms with Crippen LogP contribution in [0.3, 0.4) is 0 Å². The number of carbonyl (C=O) groups is 1. The van der Waals surface area contributed by atoms with Gasteiger partial charge in [0.15, 0.2) is 11.6 Å². The summed E-state index contributed by atoms with van der Waals surface area (Å²) in [6, 6.07) is 11.9. The zero-order valence-electron chi connectivity index (χ0n) is 15.3. The molecule has 0 saturated heterocycles. The average molecular weight is 384 g/mol. The number of nitrogens with zero attached hydrogens (tertiary/aromatic N) is 2. The van der Waals surface area contributed by atoms with E-state index in [1.54, 1.807) is 44.2 Å². The maximum Gasteiger partial charge on any atom is 0.338 e. The zero-order valence-corrected chi connectivity index (χ0v) is 15.3. The number of anilines is 4. The molecule has 0 bridgehead atoms. The van der Waals surface area contributed by atoms with E-state index in [1.165, 1.54) is 6.07 Å². The van der Waals surface area contributed by atoms with Gasteiger partial charge < -0.3 is 15.4 Å². The van der Waals surface area contributed by atoms with Crippen LogP contribution < -0.4 is 10.6 Å². The topological polar surface area (TPSA) is 76.1 Å². The Kier molecular flexibility index (Phi) is 5.78. The van der Waals surface area contributed by atoms with Crippen LogP contribution in [0.15, 0.2) is 48.5 Å². The van der Waals surface area contributed by atoms with Gasteiger partial charge in [0.2, 0.25) is 5.95 Å². The van der Waals surface area contributed by atoms with Gasteiger partial charge in [-0.1, -0.05) is 0 Å². The molecule has 0 atom stereocenters. The molecule has 28 heavy (non-hydrogen) atoms. The summed E-state index contributed by atoms with van der Waals surface area (Å²) in [6.45, 7) is 3.84. The van der Waals surface area contributed by atoms with Gasteiger partial charge >= 0.3 is 5.97 Å². The van der Waals surface area contributed by atoms with Crippen LogP contribution in [0.4, 0.5) is 31.9 Å². The minimum Gasteiger partial charge on any atom is -0.462 e. The van der Waals surface area contributed by atoms with E-state index in [0.717, 1.165) is 12.1 Å². The Labute approximate surface area is 160 Å². The molecule has 0 fully saturated rings. The fourth-order valence-electron chi connectivity index (χ4n) is 2.44. The van der Waals surface area contributed by atoms with Crippen LogP contribution >= 0.6 is 0 Å². The lowest BCUT2D eigenvalue weighted by molar-refractivity contribution is 0.0526. The van der Waals surface area contributed by atoms with Crippen LogP contribution in [0.2, 0.25) is 0 Å². The van der Waals surface area contributed by atoms with Crippen LogP contribution in [0, 0.1) is 18.6 Å². The highest BCUT2D eigenvalue weighted by Crippen LogP contribution is 2.21. The van der Waals surface area contributed by atoms with E-state index in [2.05, 4.69) is 20.6 Å². The summed E-state index contributed by atoms with van der Waals surface area (Å²) >= 11 is 0. The van der Waals surface area contributed by atoms with Crippen molar-refractivity contribution in [3.8, 4) is 0 Å². The van der Waals surface area contributed by atoms with Crippen molar-refractivity contribution < 1.29 is 18.3 Å². The van der Waals surface area contributed by atoms with E-state index in [0.29, 0.717) is 41.0 Å². The van der Waals surface area contributed by atoms with Crippen molar-refractivity contribution in [1.29, 1.82) is 0 Å². The molecule has 1 aromatic heterocycles. The van der Waals surface area contributed by atoms with Crippen molar-refractivity contribution >= 4 is 29.1 Å². The van der Waals surface area contributed by atoms with Crippen molar-refractivity contribution in [2.24, 2.45) is 0 Å². The monoisotopic (exact) mass is 384 g/mol. The quantitative estimate of drug-likeness (QED) is 0.599. The van der Waals surface area contributed by atoms with Crippen LogP contribution in [0.5, 0.6) is 0 Å². The van der Waals surface area contributed by atoms with E-state index in [1.807, 2.05) is 0 Å². The third-order valence-corrected chi connectivity index (χ3v) is 3.70. The number of carbonyl (C=O) groups excluding carboxylic acids is 1. The third kappa shape index (κ3) is 4.79. The lowest BCUT2D eigenvalue weighted by Crippen LogP contribution is -2.05. The molecule has 3 rings (SSSR count). The lowest BCUT2D eigenvalue weighted by atomic mass is 10.2. The van der Waals surface area contributed by atoms with Gasteiger partial charge in [0.25, 0.3) is 0 Å². The smallest absolute Gasteiger partial charge is 0.338 e. The molecule has 144 valence electrons. The molecular formula is C20H18F2N4O2. The van der Waals surface area contributed by atoms with Gasteiger partial charge in [-0.25, -0.2) is 18.6 Å². The first-order chi connectivity index (χ1) is 13.4. The SMILES string of the molecule is CCOC(=O)c1ccc(Nc2nc(C)cc(Nc3ccc(F)c(F)c3)n2)cc1. The van der Waals surface area contributed by atoms with Crippen molar-refractivity contribution in [2.45, 2.75) is 13.8 Å². The Morgan fingerprint density at radius 2 is 1.68 bits per heavy atom. The highest BCUT2D eigenvalue weighted by molar-refractivity contribution is 5.89. The minimum atomic E-state index is -0.948. The summed E-state index contributed by atoms with van der Waals surface area (Å²) in [5, 5.41) is 5.96. The summed E-state index contributed by atoms with van der Waals surface area (Å²) in [7, 11) is 0. The maximum absolute atomic E-state index is 13.4. The minimum absolute atomic E-state index is 0.309. The lowest BCUT2D eigenvalue weighted by Gasteiger charge is -2.10. The van der Waals surface area contributed by atoms with Gasteiger partial charge in [-0.15, -0.1) is 0 Å². The standard InChI is InChI=1S/C20H18F2N4O2/c1-3-28-19(27)13-4-6-14(7-5-13)25-20-23-12(2)10-18(26-20)24-15-8-9-16(21)17(22)11-15/h4-11H,3H2,1-2H3,(H2,23,24,25,26). The molecular weight excluding hydrogens is 366 g/mol. The van der Waals surface area contributed by atoms with Crippen molar-refractivity contribution in [3.05, 3.63) is 71.4 Å². The normalized spacial score (nSPS) is 10.4. The van der Waals surface area contributed by atoms with E-state index in [9.17, 15) is 13.6 Å². The molecule has 0 aliphatic carbocycles. The third-order valence-electron chi connectivity index (χ3n) is 3.70. The van der Waals surface area contributed by atoms with Crippen molar-refractivity contribution in [3.63, 3.8) is 0 Å². The van der Waals surface area contributed by atoms with Gasteiger partial charge in [0.05, 0.1) is 12.2 Å². The Morgan fingerprint density at radius 1 is 0.964 bits per heavy atom. The summed E-state index contributed by atoms with van der Waals surface area (Å²) in [5.74, 6) is -1.52. The molecule has 0 saturated carbocycles. The zero-order chi connectivity index (χ0) is 20.1. The number of nitrogens with one attached hydrogen (secondary N) is 2. The molecule has 3 aromatic rings. The second-order valence-electron chi connectivity index (χ2n) is 5.89. The molecule has 2 N–H and O–H groups in total. The fourth-order valence-corrected chi connectivity index (χ4v) is 2.44. The molecule has 0 amide bonds. The van der Waals surface area contributed by atoms with Gasteiger partial charge in [0.1, 0.15) is 5.82 Å². The van der Waals surface area contributed by atoms with Crippen LogP contribution in [0.25, 0.3) is 0 Å². The number of aryl methyl sites for hydroxylation is 1. The second-order valence-corrected chi connectivity index (χ2v) is 5.89. The van der Waals surface area contributed by atoms with Gasteiger partial charge in [0, 0.05) is 29.2 Å². The molecule has 0 radical (unpaired) electrons. The van der Waals surface area contributed by atoms with Crippen molar-refractivity contribution in [1.82, 2.24) is 9.97 Å². The van der Waals surface area contributed by atoms with E-state index < -0.39 is 11.6 Å². The number of hydrogen-bond acceptors (Lipinski definition) is 6. The van der Waals surface area contributed by atoms with Gasteiger partial charge in [-0.2, -0.15) is 4.98 Å². The molecule has 1 heterocycles. The van der Waals surface area contributed by atoms with Crippen LogP contribution in [-0.4, -0.2) is 22.5 Å². The second kappa shape index (κ2) is 8.43. The van der Waals surface area contributed by atoms with Gasteiger partial charge in [-0.05, 0) is 50.2 Å². The maximum atomic E-state index is 13.4. The molecule has 8 heteroatoms. The first-order valence-corrected chi connectivity index (χ1v) is 8.56. The van der Waals surface area contributed by atoms with Crippen LogP contribution in [-0.2, 0) is 4.74 Å². The number of hydrogen-bond donors (Lipinski definition) is 2. The number of rotatable bonds is 6. The first-order valence-electron chi connectivity index (χ1n) is 8.56. The van der Waals surface area contributed by atoms with E-state index >= 15 is 0 Å². The summed E-state index contributed by atoms with van der Waals surface area (Å²) in [6.07, 6.45) is 0. The van der Waals surface area contributed by atoms with E-state index in [4.69, 9.17) is 4.74 Å². The number of aromatic nitrogens is 2. The molecule has 0 spiro atoms. The summed E-state index contributed by atoms with van der Waals surface area (Å²) in [5.41, 5.74) is 2.16. The molecule has 0 unspecified atom stereocenters. The summed E-state index contributed by atoms with van der Waals surface area (Å²) in [4.78, 5) is 20.3. The van der Waals surface area contributed by atoms with Crippen LogP contribution in [0.1, 0.15) is 23.0 Å². The Balaban J connectivity index is 1.76. The molecule has 6 nitrogen and oxygen atoms in total.